The molecule has 0 radical (unpaired) electrons. The van der Waals surface area contributed by atoms with E-state index in [1.54, 1.807) is 0 Å². The van der Waals surface area contributed by atoms with Gasteiger partial charge in [-0.15, -0.1) is 11.3 Å². The van der Waals surface area contributed by atoms with Crippen LogP contribution in [0.3, 0.4) is 0 Å². The van der Waals surface area contributed by atoms with Crippen LogP contribution in [0.4, 0.5) is 0 Å². The first-order valence-electron chi connectivity index (χ1n) is 3.35. The van der Waals surface area contributed by atoms with Crippen molar-refractivity contribution in [3.05, 3.63) is 34.0 Å². The number of hydrogen-bond donors (Lipinski definition) is 1. The van der Waals surface area contributed by atoms with Gasteiger partial charge in [0.2, 0.25) is 5.91 Å². The predicted molar refractivity (Wildman–Crippen MR) is 51.4 cm³/mol. The van der Waals surface area contributed by atoms with Gasteiger partial charge in [0.25, 0.3) is 0 Å². The van der Waals surface area contributed by atoms with Crippen LogP contribution < -0.4 is 5.32 Å². The monoisotopic (exact) mass is 201 g/mol. The van der Waals surface area contributed by atoms with E-state index in [2.05, 4.69) is 11.9 Å². The number of halogens is 1. The van der Waals surface area contributed by atoms with Gasteiger partial charge in [-0.3, -0.25) is 4.79 Å². The SMILES string of the molecule is C=CC(=O)NCc1csc(Cl)c1. The Bertz CT molecular complexity index is 295. The summed E-state index contributed by atoms with van der Waals surface area (Å²) in [4.78, 5) is 10.7. The molecule has 0 bridgehead atoms. The summed E-state index contributed by atoms with van der Waals surface area (Å²) in [6.45, 7) is 3.85. The van der Waals surface area contributed by atoms with Crippen molar-refractivity contribution in [1.82, 2.24) is 5.32 Å². The van der Waals surface area contributed by atoms with Gasteiger partial charge in [-0.05, 0) is 23.1 Å². The number of hydrogen-bond acceptors (Lipinski definition) is 2. The third-order valence-electron chi connectivity index (χ3n) is 1.27. The standard InChI is InChI=1S/C8H8ClNOS/c1-2-8(11)10-4-6-3-7(9)12-5-6/h2-3,5H,1,4H2,(H,10,11). The molecule has 0 atom stereocenters. The number of amides is 1. The quantitative estimate of drug-likeness (QED) is 0.747. The minimum absolute atomic E-state index is 0.169. The lowest BCUT2D eigenvalue weighted by atomic mass is 10.3. The van der Waals surface area contributed by atoms with Crippen LogP contribution in [0.2, 0.25) is 4.34 Å². The second kappa shape index (κ2) is 4.28. The van der Waals surface area contributed by atoms with Crippen LogP contribution in [0, 0.1) is 0 Å². The lowest BCUT2D eigenvalue weighted by Crippen LogP contribution is -2.19. The molecule has 2 nitrogen and oxygen atoms in total. The van der Waals surface area contributed by atoms with Crippen LogP contribution in [0.1, 0.15) is 5.56 Å². The summed E-state index contributed by atoms with van der Waals surface area (Å²) in [5.74, 6) is -0.169. The molecule has 0 aliphatic carbocycles. The molecule has 1 rings (SSSR count). The van der Waals surface area contributed by atoms with Crippen LogP contribution in [-0.4, -0.2) is 5.91 Å². The molecule has 4 heteroatoms. The van der Waals surface area contributed by atoms with Gasteiger partial charge >= 0.3 is 0 Å². The lowest BCUT2D eigenvalue weighted by molar-refractivity contribution is -0.116. The van der Waals surface area contributed by atoms with E-state index in [1.165, 1.54) is 17.4 Å². The maximum absolute atomic E-state index is 10.7. The molecule has 0 aliphatic heterocycles. The van der Waals surface area contributed by atoms with Crippen LogP contribution in [0.15, 0.2) is 24.1 Å². The molecule has 1 aromatic rings. The zero-order chi connectivity index (χ0) is 8.97. The molecule has 1 N–H and O–H groups in total. The number of nitrogens with one attached hydrogen (secondary N) is 1. The maximum Gasteiger partial charge on any atom is 0.243 e. The van der Waals surface area contributed by atoms with Gasteiger partial charge < -0.3 is 5.32 Å². The average molecular weight is 202 g/mol. The largest absolute Gasteiger partial charge is 0.348 e. The molecule has 0 spiro atoms. The Kier molecular flexibility index (Phi) is 3.31. The summed E-state index contributed by atoms with van der Waals surface area (Å²) < 4.78 is 0.734. The summed E-state index contributed by atoms with van der Waals surface area (Å²) in [7, 11) is 0. The van der Waals surface area contributed by atoms with Crippen LogP contribution in [0.5, 0.6) is 0 Å². The highest BCUT2D eigenvalue weighted by Gasteiger charge is 1.98. The molecule has 64 valence electrons. The Morgan fingerprint density at radius 2 is 2.58 bits per heavy atom. The third-order valence-corrected chi connectivity index (χ3v) is 2.41. The van der Waals surface area contributed by atoms with Crippen molar-refractivity contribution in [2.45, 2.75) is 6.54 Å². The zero-order valence-corrected chi connectivity index (χ0v) is 7.91. The Morgan fingerprint density at radius 3 is 3.08 bits per heavy atom. The van der Waals surface area contributed by atoms with E-state index >= 15 is 0 Å². The first kappa shape index (κ1) is 9.29. The maximum atomic E-state index is 10.7. The molecule has 0 aromatic carbocycles. The van der Waals surface area contributed by atoms with E-state index < -0.39 is 0 Å². The average Bonchev–Trinajstić information content (AvgIpc) is 2.47. The van der Waals surface area contributed by atoms with Gasteiger partial charge in [0, 0.05) is 6.54 Å². The van der Waals surface area contributed by atoms with Crippen LogP contribution in [0.25, 0.3) is 0 Å². The highest BCUT2D eigenvalue weighted by molar-refractivity contribution is 7.14. The van der Waals surface area contributed by atoms with Gasteiger partial charge in [-0.25, -0.2) is 0 Å². The van der Waals surface area contributed by atoms with Crippen molar-refractivity contribution in [2.24, 2.45) is 0 Å². The molecule has 0 aliphatic rings. The highest BCUT2D eigenvalue weighted by atomic mass is 35.5. The number of thiophene rings is 1. The summed E-state index contributed by atoms with van der Waals surface area (Å²) in [5, 5.41) is 4.56. The van der Waals surface area contributed by atoms with Gasteiger partial charge in [0.1, 0.15) is 0 Å². The fourth-order valence-electron chi connectivity index (χ4n) is 0.700. The van der Waals surface area contributed by atoms with E-state index in [4.69, 9.17) is 11.6 Å². The van der Waals surface area contributed by atoms with Gasteiger partial charge in [0.15, 0.2) is 0 Å². The molecule has 0 unspecified atom stereocenters. The summed E-state index contributed by atoms with van der Waals surface area (Å²) >= 11 is 7.15. The van der Waals surface area contributed by atoms with Crippen molar-refractivity contribution in [3.8, 4) is 0 Å². The molecular weight excluding hydrogens is 194 g/mol. The van der Waals surface area contributed by atoms with Gasteiger partial charge in [-0.1, -0.05) is 18.2 Å². The summed E-state index contributed by atoms with van der Waals surface area (Å²) in [5.41, 5.74) is 1.01. The predicted octanol–water partition coefficient (Wildman–Crippen LogP) is 2.20. The minimum Gasteiger partial charge on any atom is -0.348 e. The molecule has 0 saturated carbocycles. The van der Waals surface area contributed by atoms with E-state index in [-0.39, 0.29) is 5.91 Å². The van der Waals surface area contributed by atoms with Gasteiger partial charge in [0.05, 0.1) is 4.34 Å². The Morgan fingerprint density at radius 1 is 1.83 bits per heavy atom. The zero-order valence-electron chi connectivity index (χ0n) is 6.34. The molecule has 1 aromatic heterocycles. The van der Waals surface area contributed by atoms with Crippen LogP contribution in [-0.2, 0) is 11.3 Å². The Labute approximate surface area is 79.9 Å². The van der Waals surface area contributed by atoms with Crippen molar-refractivity contribution in [3.63, 3.8) is 0 Å². The van der Waals surface area contributed by atoms with Crippen molar-refractivity contribution in [1.29, 1.82) is 0 Å². The summed E-state index contributed by atoms with van der Waals surface area (Å²) in [6, 6.07) is 1.83. The number of rotatable bonds is 3. The Hall–Kier alpha value is -0.800. The van der Waals surface area contributed by atoms with Gasteiger partial charge in [-0.2, -0.15) is 0 Å². The topological polar surface area (TPSA) is 29.1 Å². The second-order valence-electron chi connectivity index (χ2n) is 2.18. The van der Waals surface area contributed by atoms with E-state index in [0.717, 1.165) is 9.90 Å². The first-order chi connectivity index (χ1) is 5.72. The molecule has 0 saturated heterocycles. The summed E-state index contributed by atoms with van der Waals surface area (Å²) in [6.07, 6.45) is 1.24. The first-order valence-corrected chi connectivity index (χ1v) is 4.61. The fraction of sp³-hybridized carbons (Fsp3) is 0.125. The minimum atomic E-state index is -0.169. The molecule has 1 heterocycles. The molecule has 1 amide bonds. The Balaban J connectivity index is 2.43. The molecular formula is C8H8ClNOS. The van der Waals surface area contributed by atoms with E-state index in [1.807, 2.05) is 11.4 Å². The molecule has 0 fully saturated rings. The molecule has 12 heavy (non-hydrogen) atoms. The van der Waals surface area contributed by atoms with Crippen molar-refractivity contribution < 1.29 is 4.79 Å². The van der Waals surface area contributed by atoms with E-state index in [0.29, 0.717) is 6.54 Å². The number of carbonyl (C=O) groups excluding carboxylic acids is 1. The lowest BCUT2D eigenvalue weighted by Gasteiger charge is -1.97. The third kappa shape index (κ3) is 2.68. The van der Waals surface area contributed by atoms with E-state index in [9.17, 15) is 4.79 Å². The normalized spacial score (nSPS) is 9.42. The highest BCUT2D eigenvalue weighted by Crippen LogP contribution is 2.19. The van der Waals surface area contributed by atoms with Crippen molar-refractivity contribution in [2.75, 3.05) is 0 Å². The number of carbonyl (C=O) groups is 1. The van der Waals surface area contributed by atoms with Crippen LogP contribution >= 0.6 is 22.9 Å². The van der Waals surface area contributed by atoms with Crippen molar-refractivity contribution >= 4 is 28.8 Å². The second-order valence-corrected chi connectivity index (χ2v) is 3.72. The fourth-order valence-corrected chi connectivity index (χ4v) is 1.61. The smallest absolute Gasteiger partial charge is 0.243 e.